The van der Waals surface area contributed by atoms with Gasteiger partial charge in [0.1, 0.15) is 0 Å². The number of hydrogen-bond donors (Lipinski definition) is 1. The summed E-state index contributed by atoms with van der Waals surface area (Å²) < 4.78 is 40.6. The SMILES string of the molecule is CCn1c(SCC(=O)Nc2ccccc2C(F)(F)F)nc2c(c1=O)S[C@@H](C)C2. The number of thioether (sulfide) groups is 2. The summed E-state index contributed by atoms with van der Waals surface area (Å²) in [5.41, 5.74) is -0.606. The Morgan fingerprint density at radius 2 is 2.11 bits per heavy atom. The van der Waals surface area contributed by atoms with Gasteiger partial charge in [0.15, 0.2) is 5.16 Å². The molecule has 0 radical (unpaired) electrons. The van der Waals surface area contributed by atoms with Gasteiger partial charge in [0.05, 0.1) is 27.6 Å². The molecule has 1 aliphatic rings. The van der Waals surface area contributed by atoms with Crippen molar-refractivity contribution in [2.24, 2.45) is 0 Å². The summed E-state index contributed by atoms with van der Waals surface area (Å²) in [7, 11) is 0. The summed E-state index contributed by atoms with van der Waals surface area (Å²) in [4.78, 5) is 30.0. The summed E-state index contributed by atoms with van der Waals surface area (Å²) in [5.74, 6) is -0.748. The molecule has 1 aromatic carbocycles. The van der Waals surface area contributed by atoms with Crippen LogP contribution in [0.5, 0.6) is 0 Å². The van der Waals surface area contributed by atoms with Gasteiger partial charge in [-0.15, -0.1) is 11.8 Å². The predicted molar refractivity (Wildman–Crippen MR) is 104 cm³/mol. The first kappa shape index (κ1) is 20.8. The Morgan fingerprint density at radius 1 is 1.39 bits per heavy atom. The zero-order chi connectivity index (χ0) is 20.5. The summed E-state index contributed by atoms with van der Waals surface area (Å²) in [5, 5.41) is 2.97. The first-order chi connectivity index (χ1) is 13.2. The highest BCUT2D eigenvalue weighted by atomic mass is 32.2. The fourth-order valence-electron chi connectivity index (χ4n) is 2.88. The Morgan fingerprint density at radius 3 is 2.79 bits per heavy atom. The van der Waals surface area contributed by atoms with E-state index in [0.717, 1.165) is 23.5 Å². The molecule has 28 heavy (non-hydrogen) atoms. The van der Waals surface area contributed by atoms with Crippen molar-refractivity contribution in [1.82, 2.24) is 9.55 Å². The minimum atomic E-state index is -4.56. The molecule has 1 aliphatic heterocycles. The number of aromatic nitrogens is 2. The van der Waals surface area contributed by atoms with Gasteiger partial charge in [-0.25, -0.2) is 4.98 Å². The molecule has 10 heteroatoms. The number of rotatable bonds is 5. The number of carbonyl (C=O) groups excluding carboxylic acids is 1. The standard InChI is InChI=1S/C18H18F3N3O2S2/c1-3-24-16(26)15-13(8-10(2)28-15)23-17(24)27-9-14(25)22-12-7-5-4-6-11(12)18(19,20)21/h4-7,10H,3,8-9H2,1-2H3,(H,22,25)/t10-/m0/s1. The van der Waals surface area contributed by atoms with Crippen LogP contribution in [0.1, 0.15) is 25.1 Å². The van der Waals surface area contributed by atoms with Crippen LogP contribution in [0.25, 0.3) is 0 Å². The minimum Gasteiger partial charge on any atom is -0.325 e. The fraction of sp³-hybridized carbons (Fsp3) is 0.389. The quantitative estimate of drug-likeness (QED) is 0.574. The molecule has 0 saturated heterocycles. The van der Waals surface area contributed by atoms with Gasteiger partial charge in [-0.3, -0.25) is 14.2 Å². The van der Waals surface area contributed by atoms with Gasteiger partial charge >= 0.3 is 6.18 Å². The maximum atomic E-state index is 13.0. The monoisotopic (exact) mass is 429 g/mol. The molecular formula is C18H18F3N3O2S2. The summed E-state index contributed by atoms with van der Waals surface area (Å²) in [6.07, 6.45) is -3.88. The molecular weight excluding hydrogens is 411 g/mol. The first-order valence-electron chi connectivity index (χ1n) is 8.60. The number of para-hydroxylation sites is 1. The largest absolute Gasteiger partial charge is 0.418 e. The lowest BCUT2D eigenvalue weighted by Crippen LogP contribution is -2.25. The average Bonchev–Trinajstić information content (AvgIpc) is 3.00. The maximum Gasteiger partial charge on any atom is 0.418 e. The number of nitrogens with zero attached hydrogens (tertiary/aromatic N) is 2. The van der Waals surface area contributed by atoms with E-state index in [9.17, 15) is 22.8 Å². The van der Waals surface area contributed by atoms with Crippen LogP contribution in [0.3, 0.4) is 0 Å². The Balaban J connectivity index is 1.75. The highest BCUT2D eigenvalue weighted by Crippen LogP contribution is 2.35. The van der Waals surface area contributed by atoms with E-state index in [1.807, 2.05) is 13.8 Å². The van der Waals surface area contributed by atoms with E-state index in [4.69, 9.17) is 0 Å². The summed E-state index contributed by atoms with van der Waals surface area (Å²) in [6, 6.07) is 4.81. The Labute approximate surface area is 168 Å². The zero-order valence-electron chi connectivity index (χ0n) is 15.2. The fourth-order valence-corrected chi connectivity index (χ4v) is 4.87. The number of carbonyl (C=O) groups is 1. The first-order valence-corrected chi connectivity index (χ1v) is 10.5. The van der Waals surface area contributed by atoms with Crippen LogP contribution in [0.15, 0.2) is 39.1 Å². The Hall–Kier alpha value is -1.94. The van der Waals surface area contributed by atoms with Crippen molar-refractivity contribution >= 4 is 35.1 Å². The second-order valence-corrected chi connectivity index (χ2v) is 8.62. The predicted octanol–water partition coefficient (Wildman–Crippen LogP) is 4.05. The van der Waals surface area contributed by atoms with E-state index >= 15 is 0 Å². The smallest absolute Gasteiger partial charge is 0.325 e. The van der Waals surface area contributed by atoms with Crippen LogP contribution < -0.4 is 10.9 Å². The van der Waals surface area contributed by atoms with E-state index in [0.29, 0.717) is 23.0 Å². The van der Waals surface area contributed by atoms with E-state index < -0.39 is 17.6 Å². The molecule has 1 amide bonds. The van der Waals surface area contributed by atoms with E-state index in [1.54, 1.807) is 0 Å². The maximum absolute atomic E-state index is 13.0. The number of halogens is 3. The van der Waals surface area contributed by atoms with E-state index in [2.05, 4.69) is 10.3 Å². The molecule has 150 valence electrons. The third kappa shape index (κ3) is 4.38. The van der Waals surface area contributed by atoms with Gasteiger partial charge in [-0.1, -0.05) is 30.8 Å². The zero-order valence-corrected chi connectivity index (χ0v) is 16.8. The average molecular weight is 429 g/mol. The molecule has 0 aliphatic carbocycles. The minimum absolute atomic E-state index is 0.132. The molecule has 2 heterocycles. The normalized spacial score (nSPS) is 16.1. The molecule has 1 atom stereocenters. The van der Waals surface area contributed by atoms with Gasteiger partial charge in [-0.2, -0.15) is 13.2 Å². The van der Waals surface area contributed by atoms with Crippen LogP contribution in [-0.4, -0.2) is 26.5 Å². The number of benzene rings is 1. The highest BCUT2D eigenvalue weighted by molar-refractivity contribution is 8.00. The number of alkyl halides is 3. The lowest BCUT2D eigenvalue weighted by atomic mass is 10.1. The summed E-state index contributed by atoms with van der Waals surface area (Å²) >= 11 is 2.54. The van der Waals surface area contributed by atoms with Crippen LogP contribution in [0, 0.1) is 0 Å². The molecule has 0 spiro atoms. The molecule has 5 nitrogen and oxygen atoms in total. The van der Waals surface area contributed by atoms with Gasteiger partial charge in [0.25, 0.3) is 5.56 Å². The number of hydrogen-bond acceptors (Lipinski definition) is 5. The second kappa shape index (κ2) is 8.20. The highest BCUT2D eigenvalue weighted by Gasteiger charge is 2.33. The molecule has 0 unspecified atom stereocenters. The topological polar surface area (TPSA) is 64.0 Å². The lowest BCUT2D eigenvalue weighted by molar-refractivity contribution is -0.137. The van der Waals surface area contributed by atoms with Crippen LogP contribution in [0.4, 0.5) is 18.9 Å². The molecule has 1 N–H and O–H groups in total. The summed E-state index contributed by atoms with van der Waals surface area (Å²) in [6.45, 7) is 4.22. The third-order valence-electron chi connectivity index (χ3n) is 4.12. The number of anilines is 1. The van der Waals surface area contributed by atoms with Crippen LogP contribution >= 0.6 is 23.5 Å². The number of fused-ring (bicyclic) bond motifs is 1. The molecule has 0 bridgehead atoms. The second-order valence-electron chi connectivity index (χ2n) is 6.23. The Kier molecular flexibility index (Phi) is 6.09. The lowest BCUT2D eigenvalue weighted by Gasteiger charge is -2.14. The van der Waals surface area contributed by atoms with Crippen molar-refractivity contribution in [1.29, 1.82) is 0 Å². The van der Waals surface area contributed by atoms with Crippen molar-refractivity contribution in [3.63, 3.8) is 0 Å². The molecule has 2 aromatic rings. The van der Waals surface area contributed by atoms with Crippen molar-refractivity contribution in [2.45, 2.75) is 48.3 Å². The number of amides is 1. The van der Waals surface area contributed by atoms with Crippen LogP contribution in [-0.2, 0) is 23.9 Å². The van der Waals surface area contributed by atoms with E-state index in [-0.39, 0.29) is 22.2 Å². The van der Waals surface area contributed by atoms with Crippen molar-refractivity contribution in [3.05, 3.63) is 45.9 Å². The molecule has 0 saturated carbocycles. The van der Waals surface area contributed by atoms with Gasteiger partial charge in [0, 0.05) is 18.2 Å². The number of nitrogens with one attached hydrogen (secondary N) is 1. The van der Waals surface area contributed by atoms with Gasteiger partial charge < -0.3 is 5.32 Å². The van der Waals surface area contributed by atoms with Gasteiger partial charge in [0.2, 0.25) is 5.91 Å². The van der Waals surface area contributed by atoms with E-state index in [1.165, 1.54) is 34.5 Å². The van der Waals surface area contributed by atoms with Gasteiger partial charge in [-0.05, 0) is 19.1 Å². The van der Waals surface area contributed by atoms with Crippen molar-refractivity contribution in [2.75, 3.05) is 11.1 Å². The Bertz CT molecular complexity index is 960. The van der Waals surface area contributed by atoms with Crippen LogP contribution in [0.2, 0.25) is 0 Å². The third-order valence-corrected chi connectivity index (χ3v) is 6.31. The molecule has 0 fully saturated rings. The van der Waals surface area contributed by atoms with Crippen molar-refractivity contribution in [3.8, 4) is 0 Å². The molecule has 3 rings (SSSR count). The molecule has 1 aromatic heterocycles. The van der Waals surface area contributed by atoms with Crippen molar-refractivity contribution < 1.29 is 18.0 Å².